The van der Waals surface area contributed by atoms with Crippen LogP contribution in [-0.2, 0) is 9.59 Å². The third-order valence-electron chi connectivity index (χ3n) is 4.46. The smallest absolute Gasteiger partial charge is 0.241 e. The van der Waals surface area contributed by atoms with Crippen molar-refractivity contribution >= 4 is 40.7 Å². The first-order chi connectivity index (χ1) is 12.4. The Hall–Kier alpha value is -1.34. The fourth-order valence-corrected chi connectivity index (χ4v) is 3.28. The zero-order valence-corrected chi connectivity index (χ0v) is 16.7. The van der Waals surface area contributed by atoms with E-state index in [-0.39, 0.29) is 17.9 Å². The van der Waals surface area contributed by atoms with Crippen molar-refractivity contribution in [3.05, 3.63) is 28.2 Å². The second-order valence-electron chi connectivity index (χ2n) is 6.45. The summed E-state index contributed by atoms with van der Waals surface area (Å²) in [6.07, 6.45) is 0.934. The van der Waals surface area contributed by atoms with E-state index in [1.807, 2.05) is 13.8 Å². The zero-order valence-electron chi connectivity index (χ0n) is 15.2. The predicted molar refractivity (Wildman–Crippen MR) is 106 cm³/mol. The monoisotopic (exact) mass is 400 g/mol. The van der Waals surface area contributed by atoms with Crippen LogP contribution in [0.4, 0.5) is 5.69 Å². The van der Waals surface area contributed by atoms with E-state index in [2.05, 4.69) is 20.4 Å². The SMILES string of the molecule is CCCNC(=O)CN1CCN([C@@H](C)C(=O)Nc2ccc(Cl)cc2Cl)CC1. The Morgan fingerprint density at radius 3 is 2.50 bits per heavy atom. The molecule has 144 valence electrons. The van der Waals surface area contributed by atoms with Gasteiger partial charge in [-0.05, 0) is 31.5 Å². The van der Waals surface area contributed by atoms with Crippen LogP contribution in [0.5, 0.6) is 0 Å². The number of benzene rings is 1. The number of amides is 2. The third kappa shape index (κ3) is 6.13. The molecule has 0 unspecified atom stereocenters. The normalized spacial score (nSPS) is 16.9. The molecule has 26 heavy (non-hydrogen) atoms. The highest BCUT2D eigenvalue weighted by molar-refractivity contribution is 6.36. The Labute approximate surface area is 164 Å². The standard InChI is InChI=1S/C18H26Cl2N4O2/c1-3-6-21-17(25)12-23-7-9-24(10-8-23)13(2)18(26)22-16-5-4-14(19)11-15(16)20/h4-5,11,13H,3,6-10,12H2,1-2H3,(H,21,25)(H,22,26)/t13-/m0/s1. The first kappa shape index (κ1) is 21.0. The van der Waals surface area contributed by atoms with E-state index in [0.29, 0.717) is 28.8 Å². The van der Waals surface area contributed by atoms with Gasteiger partial charge in [-0.25, -0.2) is 0 Å². The molecule has 1 aliphatic heterocycles. The largest absolute Gasteiger partial charge is 0.355 e. The molecule has 8 heteroatoms. The molecule has 1 aromatic rings. The maximum absolute atomic E-state index is 12.5. The molecule has 2 rings (SSSR count). The lowest BCUT2D eigenvalue weighted by Crippen LogP contribution is -2.54. The van der Waals surface area contributed by atoms with Gasteiger partial charge in [0.05, 0.1) is 23.3 Å². The number of carbonyl (C=O) groups is 2. The molecule has 1 saturated heterocycles. The molecule has 1 fully saturated rings. The summed E-state index contributed by atoms with van der Waals surface area (Å²) in [6, 6.07) is 4.71. The van der Waals surface area contributed by atoms with E-state index in [9.17, 15) is 9.59 Å². The minimum absolute atomic E-state index is 0.0588. The number of halogens is 2. The van der Waals surface area contributed by atoms with Crippen molar-refractivity contribution in [1.29, 1.82) is 0 Å². The van der Waals surface area contributed by atoms with Crippen LogP contribution >= 0.6 is 23.2 Å². The maximum Gasteiger partial charge on any atom is 0.241 e. The van der Waals surface area contributed by atoms with Crippen LogP contribution < -0.4 is 10.6 Å². The van der Waals surface area contributed by atoms with Gasteiger partial charge in [0.1, 0.15) is 0 Å². The number of nitrogens with one attached hydrogen (secondary N) is 2. The van der Waals surface area contributed by atoms with Gasteiger partial charge in [0.15, 0.2) is 0 Å². The summed E-state index contributed by atoms with van der Waals surface area (Å²) in [7, 11) is 0. The van der Waals surface area contributed by atoms with Crippen LogP contribution in [-0.4, -0.2) is 66.9 Å². The molecule has 0 radical (unpaired) electrons. The summed E-state index contributed by atoms with van der Waals surface area (Å²) >= 11 is 12.0. The first-order valence-corrected chi connectivity index (χ1v) is 9.65. The van der Waals surface area contributed by atoms with E-state index in [1.54, 1.807) is 18.2 Å². The lowest BCUT2D eigenvalue weighted by atomic mass is 10.2. The molecule has 0 spiro atoms. The van der Waals surface area contributed by atoms with Gasteiger partial charge in [0.25, 0.3) is 0 Å². The highest BCUT2D eigenvalue weighted by Crippen LogP contribution is 2.25. The van der Waals surface area contributed by atoms with Crippen LogP contribution in [0.25, 0.3) is 0 Å². The lowest BCUT2D eigenvalue weighted by Gasteiger charge is -2.37. The molecule has 6 nitrogen and oxygen atoms in total. The number of nitrogens with zero attached hydrogens (tertiary/aromatic N) is 2. The fourth-order valence-electron chi connectivity index (χ4n) is 2.83. The van der Waals surface area contributed by atoms with Gasteiger partial charge in [-0.1, -0.05) is 30.1 Å². The van der Waals surface area contributed by atoms with E-state index < -0.39 is 0 Å². The minimum Gasteiger partial charge on any atom is -0.355 e. The van der Waals surface area contributed by atoms with Crippen LogP contribution in [0, 0.1) is 0 Å². The number of rotatable bonds is 7. The van der Waals surface area contributed by atoms with Crippen molar-refractivity contribution in [1.82, 2.24) is 15.1 Å². The van der Waals surface area contributed by atoms with Crippen LogP contribution in [0.3, 0.4) is 0 Å². The number of hydrogen-bond donors (Lipinski definition) is 2. The molecular weight excluding hydrogens is 375 g/mol. The van der Waals surface area contributed by atoms with Gasteiger partial charge in [-0.2, -0.15) is 0 Å². The van der Waals surface area contributed by atoms with Crippen molar-refractivity contribution < 1.29 is 9.59 Å². The second kappa shape index (κ2) is 10.1. The average Bonchev–Trinajstić information content (AvgIpc) is 2.62. The number of piperazine rings is 1. The summed E-state index contributed by atoms with van der Waals surface area (Å²) in [5, 5.41) is 6.69. The summed E-state index contributed by atoms with van der Waals surface area (Å²) in [6.45, 7) is 8.04. The van der Waals surface area contributed by atoms with E-state index >= 15 is 0 Å². The van der Waals surface area contributed by atoms with Gasteiger partial charge in [-0.15, -0.1) is 0 Å². The summed E-state index contributed by atoms with van der Waals surface area (Å²) in [4.78, 5) is 28.5. The number of carbonyl (C=O) groups excluding carboxylic acids is 2. The molecule has 2 N–H and O–H groups in total. The zero-order chi connectivity index (χ0) is 19.1. The molecule has 1 atom stereocenters. The summed E-state index contributed by atoms with van der Waals surface area (Å²) < 4.78 is 0. The van der Waals surface area contributed by atoms with Crippen molar-refractivity contribution in [3.63, 3.8) is 0 Å². The Kier molecular flexibility index (Phi) is 8.15. The van der Waals surface area contributed by atoms with Gasteiger partial charge in [-0.3, -0.25) is 19.4 Å². The van der Waals surface area contributed by atoms with Crippen molar-refractivity contribution in [2.75, 3.05) is 44.6 Å². The number of anilines is 1. The molecule has 1 aromatic carbocycles. The Morgan fingerprint density at radius 2 is 1.88 bits per heavy atom. The molecule has 0 aliphatic carbocycles. The maximum atomic E-state index is 12.5. The van der Waals surface area contributed by atoms with Gasteiger partial charge < -0.3 is 10.6 Å². The highest BCUT2D eigenvalue weighted by Gasteiger charge is 2.26. The first-order valence-electron chi connectivity index (χ1n) is 8.89. The molecule has 0 aromatic heterocycles. The van der Waals surface area contributed by atoms with Crippen molar-refractivity contribution in [2.24, 2.45) is 0 Å². The summed E-state index contributed by atoms with van der Waals surface area (Å²) in [5.74, 6) is -0.0492. The second-order valence-corrected chi connectivity index (χ2v) is 7.30. The summed E-state index contributed by atoms with van der Waals surface area (Å²) in [5.41, 5.74) is 0.555. The molecule has 0 saturated carbocycles. The van der Waals surface area contributed by atoms with E-state index in [4.69, 9.17) is 23.2 Å². The van der Waals surface area contributed by atoms with Crippen LogP contribution in [0.15, 0.2) is 18.2 Å². The topological polar surface area (TPSA) is 64.7 Å². The Balaban J connectivity index is 1.80. The van der Waals surface area contributed by atoms with Gasteiger partial charge in [0, 0.05) is 37.7 Å². The average molecular weight is 401 g/mol. The fraction of sp³-hybridized carbons (Fsp3) is 0.556. The van der Waals surface area contributed by atoms with Crippen LogP contribution in [0.2, 0.25) is 10.0 Å². The quantitative estimate of drug-likeness (QED) is 0.737. The molecule has 1 aliphatic rings. The Bertz CT molecular complexity index is 634. The molecule has 1 heterocycles. The van der Waals surface area contributed by atoms with Crippen molar-refractivity contribution in [3.8, 4) is 0 Å². The van der Waals surface area contributed by atoms with Crippen molar-refractivity contribution in [2.45, 2.75) is 26.3 Å². The van der Waals surface area contributed by atoms with Gasteiger partial charge >= 0.3 is 0 Å². The number of hydrogen-bond acceptors (Lipinski definition) is 4. The molecular formula is C18H26Cl2N4O2. The minimum atomic E-state index is -0.280. The van der Waals surface area contributed by atoms with E-state index in [0.717, 1.165) is 32.6 Å². The lowest BCUT2D eigenvalue weighted by molar-refractivity contribution is -0.124. The van der Waals surface area contributed by atoms with Crippen LogP contribution in [0.1, 0.15) is 20.3 Å². The molecule has 0 bridgehead atoms. The van der Waals surface area contributed by atoms with Gasteiger partial charge in [0.2, 0.25) is 11.8 Å². The van der Waals surface area contributed by atoms with E-state index in [1.165, 1.54) is 0 Å². The Morgan fingerprint density at radius 1 is 1.19 bits per heavy atom. The third-order valence-corrected chi connectivity index (χ3v) is 5.01. The predicted octanol–water partition coefficient (Wildman–Crippen LogP) is 2.46. The highest BCUT2D eigenvalue weighted by atomic mass is 35.5. The molecule has 2 amide bonds.